The Bertz CT molecular complexity index is 1310. The number of aromatic nitrogens is 3. The number of anilines is 1. The van der Waals surface area contributed by atoms with Crippen molar-refractivity contribution in [2.45, 2.75) is 45.1 Å². The van der Waals surface area contributed by atoms with E-state index < -0.39 is 17.4 Å². The minimum absolute atomic E-state index is 0.0218. The monoisotopic (exact) mass is 470 g/mol. The summed E-state index contributed by atoms with van der Waals surface area (Å²) in [5.74, 6) is 0.441. The maximum Gasteiger partial charge on any atom is 0.416 e. The van der Waals surface area contributed by atoms with Crippen molar-refractivity contribution in [3.05, 3.63) is 63.7 Å². The van der Waals surface area contributed by atoms with Crippen LogP contribution >= 0.6 is 0 Å². The second-order valence-corrected chi connectivity index (χ2v) is 8.80. The van der Waals surface area contributed by atoms with E-state index in [4.69, 9.17) is 0 Å². The van der Waals surface area contributed by atoms with Gasteiger partial charge in [0.2, 0.25) is 0 Å². The van der Waals surface area contributed by atoms with E-state index in [0.717, 1.165) is 17.7 Å². The molecule has 2 unspecified atom stereocenters. The van der Waals surface area contributed by atoms with E-state index >= 15 is 0 Å². The third-order valence-electron chi connectivity index (χ3n) is 6.57. The summed E-state index contributed by atoms with van der Waals surface area (Å²) >= 11 is 0. The minimum Gasteiger partial charge on any atom is -0.349 e. The van der Waals surface area contributed by atoms with Crippen LogP contribution in [0, 0.1) is 11.3 Å². The Kier molecular flexibility index (Phi) is 6.08. The first-order valence-electron chi connectivity index (χ1n) is 11.0. The van der Waals surface area contributed by atoms with Gasteiger partial charge in [-0.25, -0.2) is 9.78 Å². The van der Waals surface area contributed by atoms with E-state index in [0.29, 0.717) is 29.9 Å². The van der Waals surface area contributed by atoms with Gasteiger partial charge in [0.1, 0.15) is 17.3 Å². The lowest BCUT2D eigenvalue weighted by atomic mass is 9.99. The molecule has 0 saturated carbocycles. The number of nitriles is 1. The molecule has 0 amide bonds. The predicted octanol–water partition coefficient (Wildman–Crippen LogP) is 3.88. The number of halogens is 3. The molecular weight excluding hydrogens is 445 g/mol. The van der Waals surface area contributed by atoms with Crippen molar-refractivity contribution >= 4 is 16.9 Å². The quantitative estimate of drug-likeness (QED) is 0.578. The van der Waals surface area contributed by atoms with Crippen LogP contribution in [0.15, 0.2) is 41.2 Å². The molecule has 1 fully saturated rings. The summed E-state index contributed by atoms with van der Waals surface area (Å²) in [5, 5.41) is 9.30. The number of aryl methyl sites for hydroxylation is 1. The fourth-order valence-corrected chi connectivity index (χ4v) is 4.60. The number of benzene rings is 1. The molecule has 178 valence electrons. The van der Waals surface area contributed by atoms with Gasteiger partial charge in [0.05, 0.1) is 11.1 Å². The average molecular weight is 470 g/mol. The van der Waals surface area contributed by atoms with Crippen molar-refractivity contribution in [3.8, 4) is 6.07 Å². The van der Waals surface area contributed by atoms with Crippen molar-refractivity contribution in [3.63, 3.8) is 0 Å². The van der Waals surface area contributed by atoms with Crippen LogP contribution in [0.4, 0.5) is 19.0 Å². The first kappa shape index (κ1) is 23.7. The smallest absolute Gasteiger partial charge is 0.349 e. The Morgan fingerprint density at radius 1 is 1.06 bits per heavy atom. The van der Waals surface area contributed by atoms with Gasteiger partial charge < -0.3 is 4.90 Å². The molecule has 3 heterocycles. The van der Waals surface area contributed by atoms with Crippen LogP contribution in [0.5, 0.6) is 0 Å². The highest BCUT2D eigenvalue weighted by Gasteiger charge is 2.35. The Hall–Kier alpha value is -3.45. The van der Waals surface area contributed by atoms with Crippen LogP contribution in [0.2, 0.25) is 0 Å². The summed E-state index contributed by atoms with van der Waals surface area (Å²) < 4.78 is 40.2. The molecule has 3 aromatic rings. The second kappa shape index (κ2) is 8.72. The molecule has 3 atom stereocenters. The summed E-state index contributed by atoms with van der Waals surface area (Å²) in [6, 6.07) is 10.5. The van der Waals surface area contributed by atoms with Crippen molar-refractivity contribution in [2.75, 3.05) is 18.0 Å². The maximum absolute atomic E-state index is 12.9. The molecule has 0 radical (unpaired) electrons. The number of rotatable bonds is 3. The largest absolute Gasteiger partial charge is 0.416 e. The highest BCUT2D eigenvalue weighted by atomic mass is 19.4. The van der Waals surface area contributed by atoms with Crippen LogP contribution in [-0.4, -0.2) is 44.6 Å². The zero-order valence-corrected chi connectivity index (χ0v) is 19.3. The molecule has 0 spiro atoms. The average Bonchev–Trinajstić information content (AvgIpc) is 2.81. The van der Waals surface area contributed by atoms with E-state index in [2.05, 4.69) is 14.9 Å². The fraction of sp³-hybridized carbons (Fsp3) is 0.417. The maximum atomic E-state index is 12.9. The van der Waals surface area contributed by atoms with E-state index in [-0.39, 0.29) is 23.8 Å². The number of alkyl halides is 3. The Balaban J connectivity index is 1.64. The summed E-state index contributed by atoms with van der Waals surface area (Å²) in [7, 11) is 1.62. The Morgan fingerprint density at radius 2 is 1.74 bits per heavy atom. The molecule has 1 aliphatic rings. The molecule has 1 saturated heterocycles. The van der Waals surface area contributed by atoms with Gasteiger partial charge in [0.15, 0.2) is 5.82 Å². The molecule has 4 rings (SSSR count). The SMILES string of the molecule is CC1CN(c2nc(=O)n(C)c3ccc(C#N)nc23)[C@@H](C)CN1C(C)c1ccc(C(F)(F)F)cc1. The number of piperazine rings is 1. The van der Waals surface area contributed by atoms with Crippen LogP contribution in [-0.2, 0) is 13.2 Å². The van der Waals surface area contributed by atoms with Gasteiger partial charge in [-0.15, -0.1) is 0 Å². The third kappa shape index (κ3) is 4.23. The Labute approximate surface area is 195 Å². The zero-order chi connectivity index (χ0) is 24.8. The van der Waals surface area contributed by atoms with Gasteiger partial charge in [-0.05, 0) is 50.6 Å². The first-order valence-corrected chi connectivity index (χ1v) is 11.0. The summed E-state index contributed by atoms with van der Waals surface area (Å²) in [6.45, 7) is 7.18. The highest BCUT2D eigenvalue weighted by molar-refractivity contribution is 5.86. The van der Waals surface area contributed by atoms with Gasteiger partial charge in [0, 0.05) is 38.3 Å². The van der Waals surface area contributed by atoms with Crippen molar-refractivity contribution in [1.29, 1.82) is 5.26 Å². The molecule has 1 aromatic carbocycles. The van der Waals surface area contributed by atoms with Crippen molar-refractivity contribution in [2.24, 2.45) is 7.05 Å². The van der Waals surface area contributed by atoms with Crippen LogP contribution < -0.4 is 10.6 Å². The van der Waals surface area contributed by atoms with E-state index in [1.165, 1.54) is 16.7 Å². The lowest BCUT2D eigenvalue weighted by Crippen LogP contribution is -2.57. The van der Waals surface area contributed by atoms with Gasteiger partial charge in [-0.2, -0.15) is 23.4 Å². The summed E-state index contributed by atoms with van der Waals surface area (Å²) in [6.07, 6.45) is -4.36. The third-order valence-corrected chi connectivity index (χ3v) is 6.57. The second-order valence-electron chi connectivity index (χ2n) is 8.80. The van der Waals surface area contributed by atoms with Crippen molar-refractivity contribution in [1.82, 2.24) is 19.4 Å². The molecule has 0 aliphatic carbocycles. The molecular formula is C24H25F3N6O. The molecule has 1 aliphatic heterocycles. The summed E-state index contributed by atoms with van der Waals surface area (Å²) in [4.78, 5) is 25.5. The van der Waals surface area contributed by atoms with Crippen LogP contribution in [0.1, 0.15) is 43.6 Å². The number of fused-ring (bicyclic) bond motifs is 1. The standard InChI is InChI=1S/C24H25F3N6O/c1-14-13-33(22-21-20(31(4)23(34)30-22)10-9-19(11-28)29-21)15(2)12-32(14)16(3)17-5-7-18(8-6-17)24(25,26)27/h5-10,14-16H,12-13H2,1-4H3/t14?,15-,16?/m0/s1. The van der Waals surface area contributed by atoms with Gasteiger partial charge in [-0.1, -0.05) is 12.1 Å². The minimum atomic E-state index is -4.36. The molecule has 10 heteroatoms. The lowest BCUT2D eigenvalue weighted by Gasteiger charge is -2.47. The number of nitrogens with zero attached hydrogens (tertiary/aromatic N) is 6. The van der Waals surface area contributed by atoms with E-state index in [1.807, 2.05) is 31.7 Å². The van der Waals surface area contributed by atoms with Crippen LogP contribution in [0.3, 0.4) is 0 Å². The number of pyridine rings is 1. The fourth-order valence-electron chi connectivity index (χ4n) is 4.60. The topological polar surface area (TPSA) is 78.0 Å². The zero-order valence-electron chi connectivity index (χ0n) is 19.3. The van der Waals surface area contributed by atoms with Gasteiger partial charge in [-0.3, -0.25) is 9.47 Å². The number of hydrogen-bond acceptors (Lipinski definition) is 6. The van der Waals surface area contributed by atoms with E-state index in [9.17, 15) is 23.2 Å². The molecule has 2 aromatic heterocycles. The normalized spacial score (nSPS) is 20.4. The first-order chi connectivity index (χ1) is 16.0. The number of hydrogen-bond donors (Lipinski definition) is 0. The van der Waals surface area contributed by atoms with Gasteiger partial charge in [0.25, 0.3) is 0 Å². The van der Waals surface area contributed by atoms with Gasteiger partial charge >= 0.3 is 11.9 Å². The summed E-state index contributed by atoms with van der Waals surface area (Å²) in [5.41, 5.74) is 1.05. The van der Waals surface area contributed by atoms with Crippen LogP contribution in [0.25, 0.3) is 11.0 Å². The van der Waals surface area contributed by atoms with Crippen molar-refractivity contribution < 1.29 is 13.2 Å². The highest BCUT2D eigenvalue weighted by Crippen LogP contribution is 2.33. The molecule has 7 nitrogen and oxygen atoms in total. The lowest BCUT2D eigenvalue weighted by molar-refractivity contribution is -0.137. The van der Waals surface area contributed by atoms with E-state index in [1.54, 1.807) is 19.2 Å². The molecule has 0 N–H and O–H groups in total. The molecule has 34 heavy (non-hydrogen) atoms. The predicted molar refractivity (Wildman–Crippen MR) is 122 cm³/mol. The molecule has 0 bridgehead atoms. The Morgan fingerprint density at radius 3 is 2.35 bits per heavy atom.